The van der Waals surface area contributed by atoms with Crippen LogP contribution in [0.4, 0.5) is 0 Å². The number of nitrogens with two attached hydrogens (primary N) is 1. The fraction of sp³-hybridized carbons (Fsp3) is 1.00. The van der Waals surface area contributed by atoms with Crippen LogP contribution < -0.4 is 5.73 Å². The third kappa shape index (κ3) is 4.60. The molecule has 1 aliphatic carbocycles. The van der Waals surface area contributed by atoms with E-state index >= 15 is 0 Å². The Morgan fingerprint density at radius 2 is 1.85 bits per heavy atom. The molecule has 3 nitrogen and oxygen atoms in total. The van der Waals surface area contributed by atoms with Gasteiger partial charge >= 0.3 is 0 Å². The van der Waals surface area contributed by atoms with Crippen LogP contribution in [0, 0.1) is 0 Å². The molecule has 1 saturated carbocycles. The molecule has 3 heteroatoms. The zero-order valence-electron chi connectivity index (χ0n) is 8.24. The molecule has 0 aromatic rings. The lowest BCUT2D eigenvalue weighted by molar-refractivity contribution is 0.0261. The van der Waals surface area contributed by atoms with Crippen molar-refractivity contribution in [2.45, 2.75) is 50.7 Å². The maximum Gasteiger partial charge on any atom is 0.0643 e. The summed E-state index contributed by atoms with van der Waals surface area (Å²) in [5, 5.41) is 8.71. The van der Waals surface area contributed by atoms with E-state index in [0.717, 1.165) is 12.8 Å². The van der Waals surface area contributed by atoms with E-state index in [1.807, 2.05) is 0 Å². The fourth-order valence-corrected chi connectivity index (χ4v) is 1.72. The predicted molar refractivity (Wildman–Crippen MR) is 52.5 cm³/mol. The number of aliphatic hydroxyl groups excluding tert-OH is 1. The van der Waals surface area contributed by atoms with E-state index in [0.29, 0.717) is 12.7 Å². The highest BCUT2D eigenvalue weighted by atomic mass is 16.5. The van der Waals surface area contributed by atoms with Crippen LogP contribution in [-0.4, -0.2) is 30.5 Å². The zero-order valence-corrected chi connectivity index (χ0v) is 8.24. The minimum Gasteiger partial charge on any atom is -0.395 e. The first-order valence-corrected chi connectivity index (χ1v) is 5.31. The molecule has 0 saturated heterocycles. The molecule has 3 N–H and O–H groups in total. The van der Waals surface area contributed by atoms with Gasteiger partial charge in [-0.1, -0.05) is 25.7 Å². The summed E-state index contributed by atoms with van der Waals surface area (Å²) in [6, 6.07) is -0.205. The molecule has 1 fully saturated rings. The number of hydrogen-bond donors (Lipinski definition) is 2. The Morgan fingerprint density at radius 3 is 2.38 bits per heavy atom. The molecule has 0 radical (unpaired) electrons. The van der Waals surface area contributed by atoms with Gasteiger partial charge in [-0.15, -0.1) is 0 Å². The van der Waals surface area contributed by atoms with E-state index in [9.17, 15) is 0 Å². The molecular formula is C10H21NO2. The molecule has 0 amide bonds. The first-order chi connectivity index (χ1) is 6.33. The Hall–Kier alpha value is -0.120. The summed E-state index contributed by atoms with van der Waals surface area (Å²) >= 11 is 0. The van der Waals surface area contributed by atoms with Crippen LogP contribution in [0.5, 0.6) is 0 Å². The number of hydrogen-bond acceptors (Lipinski definition) is 3. The van der Waals surface area contributed by atoms with Crippen LogP contribution in [0.3, 0.4) is 0 Å². The van der Waals surface area contributed by atoms with Gasteiger partial charge in [0.25, 0.3) is 0 Å². The van der Waals surface area contributed by atoms with Crippen molar-refractivity contribution in [1.82, 2.24) is 0 Å². The number of aliphatic hydroxyl groups is 1. The quantitative estimate of drug-likeness (QED) is 0.647. The molecule has 1 aliphatic rings. The normalized spacial score (nSPS) is 22.6. The van der Waals surface area contributed by atoms with E-state index in [-0.39, 0.29) is 12.6 Å². The van der Waals surface area contributed by atoms with Crippen molar-refractivity contribution in [2.75, 3.05) is 13.2 Å². The minimum absolute atomic E-state index is 0.0206. The lowest BCUT2D eigenvalue weighted by atomic mass is 10.1. The van der Waals surface area contributed by atoms with Gasteiger partial charge in [0.2, 0.25) is 0 Å². The van der Waals surface area contributed by atoms with Gasteiger partial charge in [-0.3, -0.25) is 0 Å². The van der Waals surface area contributed by atoms with Gasteiger partial charge < -0.3 is 15.6 Å². The lowest BCUT2D eigenvalue weighted by Gasteiger charge is -2.17. The first kappa shape index (κ1) is 11.0. The highest BCUT2D eigenvalue weighted by molar-refractivity contribution is 4.66. The third-order valence-corrected chi connectivity index (χ3v) is 2.58. The SMILES string of the molecule is NC(CO)COC1CCCCCC1. The van der Waals surface area contributed by atoms with Crippen LogP contribution in [0.25, 0.3) is 0 Å². The van der Waals surface area contributed by atoms with E-state index in [1.54, 1.807) is 0 Å². The Kier molecular flexibility index (Phi) is 5.35. The smallest absolute Gasteiger partial charge is 0.0643 e. The molecule has 0 aromatic carbocycles. The van der Waals surface area contributed by atoms with Gasteiger partial charge in [-0.05, 0) is 12.8 Å². The van der Waals surface area contributed by atoms with E-state index < -0.39 is 0 Å². The van der Waals surface area contributed by atoms with Crippen molar-refractivity contribution < 1.29 is 9.84 Å². The monoisotopic (exact) mass is 187 g/mol. The first-order valence-electron chi connectivity index (χ1n) is 5.31. The number of rotatable bonds is 4. The second-order valence-corrected chi connectivity index (χ2v) is 3.89. The van der Waals surface area contributed by atoms with E-state index in [1.165, 1.54) is 25.7 Å². The largest absolute Gasteiger partial charge is 0.395 e. The van der Waals surface area contributed by atoms with Gasteiger partial charge in [0.1, 0.15) is 0 Å². The van der Waals surface area contributed by atoms with Crippen molar-refractivity contribution >= 4 is 0 Å². The molecule has 1 unspecified atom stereocenters. The Labute approximate surface area is 80.3 Å². The summed E-state index contributed by atoms with van der Waals surface area (Å²) in [5.41, 5.74) is 5.55. The van der Waals surface area contributed by atoms with Crippen LogP contribution in [-0.2, 0) is 4.74 Å². The molecule has 1 rings (SSSR count). The Bertz CT molecular complexity index is 122. The highest BCUT2D eigenvalue weighted by Crippen LogP contribution is 2.19. The minimum atomic E-state index is -0.205. The van der Waals surface area contributed by atoms with Crippen molar-refractivity contribution in [3.63, 3.8) is 0 Å². The average Bonchev–Trinajstić information content (AvgIpc) is 2.42. The highest BCUT2D eigenvalue weighted by Gasteiger charge is 2.13. The average molecular weight is 187 g/mol. The summed E-state index contributed by atoms with van der Waals surface area (Å²) in [6.07, 6.45) is 7.95. The third-order valence-electron chi connectivity index (χ3n) is 2.58. The van der Waals surface area contributed by atoms with Gasteiger partial charge in [0.05, 0.1) is 25.4 Å². The maximum absolute atomic E-state index is 8.71. The molecule has 0 spiro atoms. The van der Waals surface area contributed by atoms with E-state index in [4.69, 9.17) is 15.6 Å². The Balaban J connectivity index is 2.11. The summed E-state index contributed by atoms with van der Waals surface area (Å²) in [7, 11) is 0. The van der Waals surface area contributed by atoms with Crippen molar-refractivity contribution in [1.29, 1.82) is 0 Å². The summed E-state index contributed by atoms with van der Waals surface area (Å²) < 4.78 is 5.63. The molecular weight excluding hydrogens is 166 g/mol. The van der Waals surface area contributed by atoms with E-state index in [2.05, 4.69) is 0 Å². The van der Waals surface area contributed by atoms with Crippen molar-refractivity contribution in [3.8, 4) is 0 Å². The molecule has 0 heterocycles. The summed E-state index contributed by atoms with van der Waals surface area (Å²) in [6.45, 7) is 0.522. The van der Waals surface area contributed by atoms with Crippen LogP contribution >= 0.6 is 0 Å². The molecule has 78 valence electrons. The van der Waals surface area contributed by atoms with Gasteiger partial charge in [0, 0.05) is 0 Å². The van der Waals surface area contributed by atoms with Crippen molar-refractivity contribution in [2.24, 2.45) is 5.73 Å². The predicted octanol–water partition coefficient (Wildman–Crippen LogP) is 1.05. The lowest BCUT2D eigenvalue weighted by Crippen LogP contribution is -2.32. The van der Waals surface area contributed by atoms with Gasteiger partial charge in [-0.2, -0.15) is 0 Å². The maximum atomic E-state index is 8.71. The van der Waals surface area contributed by atoms with Gasteiger partial charge in [0.15, 0.2) is 0 Å². The Morgan fingerprint density at radius 1 is 1.23 bits per heavy atom. The standard InChI is InChI=1S/C10H21NO2/c11-9(7-12)8-13-10-5-3-1-2-4-6-10/h9-10,12H,1-8,11H2. The molecule has 0 aromatic heterocycles. The van der Waals surface area contributed by atoms with Crippen molar-refractivity contribution in [3.05, 3.63) is 0 Å². The zero-order chi connectivity index (χ0) is 9.52. The molecule has 13 heavy (non-hydrogen) atoms. The molecule has 1 atom stereocenters. The fourth-order valence-electron chi connectivity index (χ4n) is 1.72. The van der Waals surface area contributed by atoms with Crippen LogP contribution in [0.15, 0.2) is 0 Å². The number of ether oxygens (including phenoxy) is 1. The molecule has 0 aliphatic heterocycles. The van der Waals surface area contributed by atoms with Gasteiger partial charge in [-0.25, -0.2) is 0 Å². The van der Waals surface area contributed by atoms with Crippen LogP contribution in [0.2, 0.25) is 0 Å². The summed E-state index contributed by atoms with van der Waals surface area (Å²) in [4.78, 5) is 0. The molecule has 0 bridgehead atoms. The second kappa shape index (κ2) is 6.35. The topological polar surface area (TPSA) is 55.5 Å². The summed E-state index contributed by atoms with van der Waals surface area (Å²) in [5.74, 6) is 0. The van der Waals surface area contributed by atoms with Crippen LogP contribution in [0.1, 0.15) is 38.5 Å². The second-order valence-electron chi connectivity index (χ2n) is 3.89.